The molecule has 0 saturated heterocycles. The number of ether oxygens (including phenoxy) is 1. The highest BCUT2D eigenvalue weighted by molar-refractivity contribution is 7.13. The Bertz CT molecular complexity index is 738. The van der Waals surface area contributed by atoms with Crippen molar-refractivity contribution >= 4 is 23.3 Å². The zero-order valence-electron chi connectivity index (χ0n) is 14.8. The van der Waals surface area contributed by atoms with E-state index >= 15 is 0 Å². The number of nitrogens with one attached hydrogen (secondary N) is 2. The van der Waals surface area contributed by atoms with Crippen molar-refractivity contribution in [1.82, 2.24) is 20.6 Å². The lowest BCUT2D eigenvalue weighted by atomic mass is 10.2. The minimum absolute atomic E-state index is 0.204. The predicted octanol–water partition coefficient (Wildman–Crippen LogP) is 2.80. The summed E-state index contributed by atoms with van der Waals surface area (Å²) in [7, 11) is 0. The van der Waals surface area contributed by atoms with Gasteiger partial charge in [-0.1, -0.05) is 6.07 Å². The Hall–Kier alpha value is -2.48. The van der Waals surface area contributed by atoms with E-state index in [1.54, 1.807) is 33.9 Å². The molecule has 2 aromatic heterocycles. The van der Waals surface area contributed by atoms with E-state index in [9.17, 15) is 9.59 Å². The number of hydrogen-bond donors (Lipinski definition) is 2. The molecule has 2 heterocycles. The Kier molecular flexibility index (Phi) is 6.08. The molecule has 2 N–H and O–H groups in total. The van der Waals surface area contributed by atoms with Gasteiger partial charge in [-0.3, -0.25) is 9.78 Å². The number of thiazole rings is 1. The van der Waals surface area contributed by atoms with Crippen LogP contribution >= 0.6 is 11.3 Å². The van der Waals surface area contributed by atoms with Gasteiger partial charge >= 0.3 is 6.09 Å². The maximum Gasteiger partial charge on any atom is 0.408 e. The molecule has 0 aromatic carbocycles. The molecule has 0 radical (unpaired) electrons. The monoisotopic (exact) mass is 362 g/mol. The quantitative estimate of drug-likeness (QED) is 0.853. The van der Waals surface area contributed by atoms with E-state index in [-0.39, 0.29) is 12.5 Å². The molecule has 2 aromatic rings. The number of rotatable bonds is 5. The number of carbonyl (C=O) groups excluding carboxylic acids is 2. The first-order chi connectivity index (χ1) is 11.7. The highest BCUT2D eigenvalue weighted by atomic mass is 32.1. The van der Waals surface area contributed by atoms with Crippen molar-refractivity contribution in [3.05, 3.63) is 45.7 Å². The highest BCUT2D eigenvalue weighted by Crippen LogP contribution is 2.18. The Morgan fingerprint density at radius 1 is 1.20 bits per heavy atom. The SMILES string of the molecule is Cc1nc(CNC(=O)OC(C)(C)C)sc1C(=O)NCc1ccccn1. The third kappa shape index (κ3) is 6.15. The minimum atomic E-state index is -0.556. The molecule has 2 rings (SSSR count). The Morgan fingerprint density at radius 3 is 2.60 bits per heavy atom. The summed E-state index contributed by atoms with van der Waals surface area (Å²) in [4.78, 5) is 33.0. The van der Waals surface area contributed by atoms with Gasteiger partial charge in [0.2, 0.25) is 0 Å². The van der Waals surface area contributed by atoms with Crippen LogP contribution in [0.3, 0.4) is 0 Å². The topological polar surface area (TPSA) is 93.2 Å². The van der Waals surface area contributed by atoms with E-state index in [0.29, 0.717) is 22.1 Å². The second kappa shape index (κ2) is 8.06. The average molecular weight is 362 g/mol. The van der Waals surface area contributed by atoms with E-state index in [2.05, 4.69) is 20.6 Å². The van der Waals surface area contributed by atoms with Gasteiger partial charge in [-0.15, -0.1) is 11.3 Å². The molecule has 0 aliphatic heterocycles. The molecule has 7 nitrogen and oxygen atoms in total. The molecular weight excluding hydrogens is 340 g/mol. The van der Waals surface area contributed by atoms with E-state index in [0.717, 1.165) is 5.69 Å². The third-order valence-electron chi connectivity index (χ3n) is 2.99. The maximum atomic E-state index is 12.3. The van der Waals surface area contributed by atoms with Crippen LogP contribution in [0.2, 0.25) is 0 Å². The maximum absolute atomic E-state index is 12.3. The number of hydrogen-bond acceptors (Lipinski definition) is 6. The van der Waals surface area contributed by atoms with Crippen LogP contribution in [0.15, 0.2) is 24.4 Å². The lowest BCUT2D eigenvalue weighted by Crippen LogP contribution is -2.32. The van der Waals surface area contributed by atoms with Gasteiger partial charge in [-0.2, -0.15) is 0 Å². The van der Waals surface area contributed by atoms with Crippen LogP contribution in [-0.4, -0.2) is 27.6 Å². The van der Waals surface area contributed by atoms with Crippen LogP contribution in [0, 0.1) is 6.92 Å². The van der Waals surface area contributed by atoms with Gasteiger partial charge in [0.05, 0.1) is 24.5 Å². The van der Waals surface area contributed by atoms with Gasteiger partial charge in [-0.25, -0.2) is 9.78 Å². The molecule has 0 aliphatic rings. The molecule has 25 heavy (non-hydrogen) atoms. The third-order valence-corrected chi connectivity index (χ3v) is 4.14. The zero-order chi connectivity index (χ0) is 18.4. The van der Waals surface area contributed by atoms with Crippen LogP contribution in [0.1, 0.15) is 46.8 Å². The molecule has 134 valence electrons. The number of amides is 2. The van der Waals surface area contributed by atoms with E-state index < -0.39 is 11.7 Å². The second-order valence-electron chi connectivity index (χ2n) is 6.38. The van der Waals surface area contributed by atoms with Crippen LogP contribution < -0.4 is 10.6 Å². The van der Waals surface area contributed by atoms with E-state index in [1.165, 1.54) is 11.3 Å². The Morgan fingerprint density at radius 2 is 1.96 bits per heavy atom. The normalized spacial score (nSPS) is 11.0. The number of aromatic nitrogens is 2. The van der Waals surface area contributed by atoms with Gasteiger partial charge in [-0.05, 0) is 39.8 Å². The van der Waals surface area contributed by atoms with Crippen LogP contribution in [0.4, 0.5) is 4.79 Å². The average Bonchev–Trinajstić information content (AvgIpc) is 2.91. The second-order valence-corrected chi connectivity index (χ2v) is 7.46. The molecule has 0 spiro atoms. The van der Waals surface area contributed by atoms with E-state index in [1.807, 2.05) is 18.2 Å². The molecule has 0 unspecified atom stereocenters. The first-order valence-electron chi connectivity index (χ1n) is 7.86. The smallest absolute Gasteiger partial charge is 0.408 e. The van der Waals surface area contributed by atoms with Gasteiger partial charge in [0, 0.05) is 6.20 Å². The first-order valence-corrected chi connectivity index (χ1v) is 8.67. The highest BCUT2D eigenvalue weighted by Gasteiger charge is 2.18. The number of nitrogens with zero attached hydrogens (tertiary/aromatic N) is 2. The number of carbonyl (C=O) groups is 2. The van der Waals surface area contributed by atoms with Crippen LogP contribution in [0.25, 0.3) is 0 Å². The van der Waals surface area contributed by atoms with Crippen molar-refractivity contribution in [2.24, 2.45) is 0 Å². The summed E-state index contributed by atoms with van der Waals surface area (Å²) < 4.78 is 5.17. The Labute approximate surface area is 150 Å². The van der Waals surface area contributed by atoms with Gasteiger partial charge < -0.3 is 15.4 Å². The zero-order valence-corrected chi connectivity index (χ0v) is 15.6. The Balaban J connectivity index is 1.90. The van der Waals surface area contributed by atoms with Gasteiger partial charge in [0.15, 0.2) is 0 Å². The van der Waals surface area contributed by atoms with Gasteiger partial charge in [0.1, 0.15) is 15.5 Å². The van der Waals surface area contributed by atoms with Crippen LogP contribution in [0.5, 0.6) is 0 Å². The number of aryl methyl sites for hydroxylation is 1. The molecule has 0 aliphatic carbocycles. The molecule has 8 heteroatoms. The van der Waals surface area contributed by atoms with Crippen molar-refractivity contribution in [1.29, 1.82) is 0 Å². The lowest BCUT2D eigenvalue weighted by Gasteiger charge is -2.19. The fourth-order valence-electron chi connectivity index (χ4n) is 1.95. The lowest BCUT2D eigenvalue weighted by molar-refractivity contribution is 0.0523. The summed E-state index contributed by atoms with van der Waals surface area (Å²) in [5.74, 6) is -0.204. The van der Waals surface area contributed by atoms with Crippen LogP contribution in [-0.2, 0) is 17.8 Å². The summed E-state index contributed by atoms with van der Waals surface area (Å²) in [5.41, 5.74) is 0.855. The van der Waals surface area contributed by atoms with Crippen molar-refractivity contribution < 1.29 is 14.3 Å². The fourth-order valence-corrected chi connectivity index (χ4v) is 2.88. The van der Waals surface area contributed by atoms with Gasteiger partial charge in [0.25, 0.3) is 5.91 Å². The summed E-state index contributed by atoms with van der Waals surface area (Å²) in [6, 6.07) is 5.53. The molecule has 0 fully saturated rings. The largest absolute Gasteiger partial charge is 0.444 e. The molecule has 0 atom stereocenters. The van der Waals surface area contributed by atoms with Crippen molar-refractivity contribution in [2.45, 2.75) is 46.4 Å². The number of alkyl carbamates (subject to hydrolysis) is 1. The summed E-state index contributed by atoms with van der Waals surface area (Å²) in [6.07, 6.45) is 1.17. The van der Waals surface area contributed by atoms with E-state index in [4.69, 9.17) is 4.74 Å². The minimum Gasteiger partial charge on any atom is -0.444 e. The molecule has 0 saturated carbocycles. The fraction of sp³-hybridized carbons (Fsp3) is 0.412. The molecule has 0 bridgehead atoms. The molecule has 2 amide bonds. The molecular formula is C17H22N4O3S. The summed E-state index contributed by atoms with van der Waals surface area (Å²) in [5, 5.41) is 6.10. The first kappa shape index (κ1) is 18.9. The summed E-state index contributed by atoms with van der Waals surface area (Å²) >= 11 is 1.25. The summed E-state index contributed by atoms with van der Waals surface area (Å²) in [6.45, 7) is 7.72. The predicted molar refractivity (Wildman–Crippen MR) is 95.3 cm³/mol. The van der Waals surface area contributed by atoms with Crippen molar-refractivity contribution in [3.8, 4) is 0 Å². The van der Waals surface area contributed by atoms with Crippen molar-refractivity contribution in [2.75, 3.05) is 0 Å². The standard InChI is InChI=1S/C17H22N4O3S/c1-11-14(15(22)19-9-12-7-5-6-8-18-12)25-13(21-11)10-20-16(23)24-17(2,3)4/h5-8H,9-10H2,1-4H3,(H,19,22)(H,20,23). The number of pyridine rings is 1. The van der Waals surface area contributed by atoms with Crippen molar-refractivity contribution in [3.63, 3.8) is 0 Å².